The Balaban J connectivity index is 1.02. The highest BCUT2D eigenvalue weighted by Crippen LogP contribution is 2.34. The Morgan fingerprint density at radius 2 is 1.26 bits per heavy atom. The largest absolute Gasteiger partial charge is 0.453 e. The molecule has 4 atom stereocenters. The van der Waals surface area contributed by atoms with Crippen molar-refractivity contribution in [2.75, 3.05) is 33.9 Å². The molecule has 4 heterocycles. The van der Waals surface area contributed by atoms with Gasteiger partial charge in [0.05, 0.1) is 50.1 Å². The molecule has 0 aliphatic carbocycles. The summed E-state index contributed by atoms with van der Waals surface area (Å²) in [4.78, 5) is 69.7. The number of rotatable bonds is 11. The van der Waals surface area contributed by atoms with E-state index >= 15 is 0 Å². The first-order chi connectivity index (χ1) is 28.0. The van der Waals surface area contributed by atoms with Gasteiger partial charge in [-0.1, -0.05) is 56.9 Å². The van der Waals surface area contributed by atoms with Gasteiger partial charge in [0.2, 0.25) is 11.8 Å². The highest BCUT2D eigenvalue weighted by Gasteiger charge is 2.37. The van der Waals surface area contributed by atoms with Gasteiger partial charge in [-0.2, -0.15) is 0 Å². The van der Waals surface area contributed by atoms with Crippen LogP contribution in [0.3, 0.4) is 0 Å². The third-order valence-corrected chi connectivity index (χ3v) is 10.5. The van der Waals surface area contributed by atoms with Crippen LogP contribution in [-0.2, 0) is 19.1 Å². The zero-order valence-corrected chi connectivity index (χ0v) is 33.6. The molecule has 2 aromatic carbocycles. The van der Waals surface area contributed by atoms with Crippen molar-refractivity contribution < 1.29 is 28.7 Å². The molecule has 0 spiro atoms. The Hall–Kier alpha value is -6.54. The lowest BCUT2D eigenvalue weighted by molar-refractivity contribution is -0.135. The Kier molecular flexibility index (Phi) is 13.5. The lowest BCUT2D eigenvalue weighted by Crippen LogP contribution is -2.51. The molecule has 4 N–H and O–H groups in total. The van der Waals surface area contributed by atoms with Crippen molar-refractivity contribution in [3.05, 3.63) is 83.7 Å². The van der Waals surface area contributed by atoms with Crippen LogP contribution < -0.4 is 10.6 Å². The van der Waals surface area contributed by atoms with E-state index in [-0.39, 0.29) is 35.7 Å². The lowest BCUT2D eigenvalue weighted by Gasteiger charge is -2.30. The normalized spacial score (nSPS) is 17.1. The third kappa shape index (κ3) is 10.1. The van der Waals surface area contributed by atoms with Gasteiger partial charge >= 0.3 is 12.2 Å². The fourth-order valence-electron chi connectivity index (χ4n) is 7.34. The molecule has 0 saturated carbocycles. The Morgan fingerprint density at radius 1 is 0.759 bits per heavy atom. The molecular weight excluding hydrogens is 737 g/mol. The SMILES string of the molecule is COC(=O)NCC(C)CC(=O)N1CCCC1c1ncc(-c2ccc(C#CC#Cc3ccc(-c4cnc(C5CCCN5C(=O)C(NC(=O)OC)C(C)C)[nH]4)cc3)cc2)[nH]1. The van der Waals surface area contributed by atoms with Gasteiger partial charge < -0.3 is 39.9 Å². The molecule has 302 valence electrons. The fraction of sp³-hybridized carbons (Fsp3) is 0.409. The highest BCUT2D eigenvalue weighted by atomic mass is 16.5. The molecule has 2 aliphatic rings. The maximum absolute atomic E-state index is 13.5. The summed E-state index contributed by atoms with van der Waals surface area (Å²) in [6.45, 7) is 7.35. The molecule has 58 heavy (non-hydrogen) atoms. The van der Waals surface area contributed by atoms with E-state index in [2.05, 4.69) is 59.0 Å². The second-order valence-corrected chi connectivity index (χ2v) is 15.0. The number of benzene rings is 2. The number of imidazole rings is 2. The number of ether oxygens (including phenoxy) is 2. The van der Waals surface area contributed by atoms with Crippen LogP contribution >= 0.6 is 0 Å². The lowest BCUT2D eigenvalue weighted by atomic mass is 10.0. The Morgan fingerprint density at radius 3 is 1.76 bits per heavy atom. The molecule has 2 saturated heterocycles. The number of aromatic nitrogens is 4. The van der Waals surface area contributed by atoms with Crippen molar-refractivity contribution in [1.82, 2.24) is 40.4 Å². The molecule has 2 aromatic heterocycles. The molecule has 4 amide bonds. The first-order valence-electron chi connectivity index (χ1n) is 19.6. The van der Waals surface area contributed by atoms with E-state index in [0.717, 1.165) is 65.1 Å². The molecule has 0 radical (unpaired) electrons. The van der Waals surface area contributed by atoms with Gasteiger partial charge in [-0.15, -0.1) is 0 Å². The van der Waals surface area contributed by atoms with Crippen LogP contribution in [0.4, 0.5) is 9.59 Å². The van der Waals surface area contributed by atoms with Crippen LogP contribution in [0.25, 0.3) is 22.5 Å². The summed E-state index contributed by atoms with van der Waals surface area (Å²) in [5, 5.41) is 5.34. The van der Waals surface area contributed by atoms with Crippen LogP contribution in [0.1, 0.15) is 87.7 Å². The predicted octanol–water partition coefficient (Wildman–Crippen LogP) is 5.96. The summed E-state index contributed by atoms with van der Waals surface area (Å²) < 4.78 is 9.36. The number of hydrogen-bond donors (Lipinski definition) is 4. The van der Waals surface area contributed by atoms with Crippen molar-refractivity contribution in [3.8, 4) is 46.2 Å². The summed E-state index contributed by atoms with van der Waals surface area (Å²) >= 11 is 0. The van der Waals surface area contributed by atoms with E-state index < -0.39 is 18.2 Å². The maximum atomic E-state index is 13.5. The smallest absolute Gasteiger partial charge is 0.407 e. The minimum absolute atomic E-state index is 0.0249. The van der Waals surface area contributed by atoms with Crippen molar-refractivity contribution >= 4 is 24.0 Å². The van der Waals surface area contributed by atoms with E-state index in [1.165, 1.54) is 14.2 Å². The number of likely N-dealkylation sites (tertiary alicyclic amines) is 2. The standard InChI is InChI=1S/C44H50N8O6/c1-28(2)39(50-44(56)58-5)42(54)52-23-9-13-37(52)41-46-27-35(49-41)33-20-16-31(17-21-33)11-7-6-10-30-14-18-32(19-15-30)34-26-45-40(48-34)36-12-8-22-51(36)38(53)24-29(3)25-47-43(55)57-4/h14-21,26-29,36-37,39H,8-9,12-13,22-25H2,1-5H3,(H,45,48)(H,46,49)(H,47,55)(H,50,56). The number of nitrogens with one attached hydrogen (secondary N) is 4. The molecule has 14 heteroatoms. The summed E-state index contributed by atoms with van der Waals surface area (Å²) in [7, 11) is 2.60. The van der Waals surface area contributed by atoms with Crippen molar-refractivity contribution in [1.29, 1.82) is 0 Å². The zero-order chi connectivity index (χ0) is 41.2. The van der Waals surface area contributed by atoms with Crippen LogP contribution in [-0.4, -0.2) is 93.6 Å². The monoisotopic (exact) mass is 786 g/mol. The first-order valence-corrected chi connectivity index (χ1v) is 19.6. The molecule has 2 aliphatic heterocycles. The summed E-state index contributed by atoms with van der Waals surface area (Å²) in [6, 6.07) is 14.6. The summed E-state index contributed by atoms with van der Waals surface area (Å²) in [6.07, 6.45) is 6.12. The molecule has 0 bridgehead atoms. The number of methoxy groups -OCH3 is 2. The van der Waals surface area contributed by atoms with Crippen LogP contribution in [0.15, 0.2) is 60.9 Å². The average molecular weight is 787 g/mol. The number of carbonyl (C=O) groups excluding carboxylic acids is 4. The van der Waals surface area contributed by atoms with Crippen LogP contribution in [0, 0.1) is 35.5 Å². The number of aromatic amines is 2. The second-order valence-electron chi connectivity index (χ2n) is 15.0. The minimum atomic E-state index is -0.690. The van der Waals surface area contributed by atoms with Gasteiger partial charge in [0.1, 0.15) is 17.7 Å². The van der Waals surface area contributed by atoms with E-state index in [4.69, 9.17) is 4.74 Å². The molecule has 4 unspecified atom stereocenters. The Bertz CT molecular complexity index is 2200. The summed E-state index contributed by atoms with van der Waals surface area (Å²) in [5.41, 5.74) is 5.24. The number of alkyl carbamates (subject to hydrolysis) is 2. The van der Waals surface area contributed by atoms with Crippen molar-refractivity contribution in [2.24, 2.45) is 11.8 Å². The quantitative estimate of drug-likeness (QED) is 0.135. The topological polar surface area (TPSA) is 175 Å². The number of hydrogen-bond acceptors (Lipinski definition) is 8. The van der Waals surface area contributed by atoms with E-state index in [0.29, 0.717) is 31.9 Å². The van der Waals surface area contributed by atoms with Gasteiger partial charge in [-0.3, -0.25) is 9.59 Å². The summed E-state index contributed by atoms with van der Waals surface area (Å²) in [5.74, 6) is 13.3. The second kappa shape index (κ2) is 19.1. The van der Waals surface area contributed by atoms with E-state index in [9.17, 15) is 19.2 Å². The van der Waals surface area contributed by atoms with Crippen molar-refractivity contribution in [3.63, 3.8) is 0 Å². The van der Waals surface area contributed by atoms with Crippen LogP contribution in [0.2, 0.25) is 0 Å². The maximum Gasteiger partial charge on any atom is 0.407 e. The molecule has 4 aromatic rings. The first kappa shape index (κ1) is 41.1. The van der Waals surface area contributed by atoms with Crippen LogP contribution in [0.5, 0.6) is 0 Å². The third-order valence-electron chi connectivity index (χ3n) is 10.5. The molecule has 2 fully saturated rings. The van der Waals surface area contributed by atoms with Gasteiger partial charge in [0.25, 0.3) is 0 Å². The highest BCUT2D eigenvalue weighted by molar-refractivity contribution is 5.86. The molecular formula is C44H50N8O6. The predicted molar refractivity (Wildman–Crippen MR) is 218 cm³/mol. The number of H-pyrrole nitrogens is 2. The average Bonchev–Trinajstić information content (AvgIpc) is 4.07. The fourth-order valence-corrected chi connectivity index (χ4v) is 7.34. The van der Waals surface area contributed by atoms with Gasteiger partial charge in [0, 0.05) is 37.2 Å². The number of carbonyl (C=O) groups is 4. The van der Waals surface area contributed by atoms with Gasteiger partial charge in [-0.25, -0.2) is 19.6 Å². The van der Waals surface area contributed by atoms with Gasteiger partial charge in [-0.05, 0) is 84.8 Å². The van der Waals surface area contributed by atoms with Gasteiger partial charge in [0.15, 0.2) is 0 Å². The molecule has 6 rings (SSSR count). The number of amides is 4. The zero-order valence-electron chi connectivity index (χ0n) is 33.6. The van der Waals surface area contributed by atoms with E-state index in [1.54, 1.807) is 17.3 Å². The van der Waals surface area contributed by atoms with E-state index in [1.807, 2.05) is 74.2 Å². The number of nitrogens with zero attached hydrogens (tertiary/aromatic N) is 4. The van der Waals surface area contributed by atoms with Crippen molar-refractivity contribution in [2.45, 2.75) is 71.0 Å². The Labute approximate surface area is 338 Å². The molecule has 14 nitrogen and oxygen atoms in total. The minimum Gasteiger partial charge on any atom is -0.453 e.